The molecule has 0 rings (SSSR count). The molecule has 3 heteroatoms. The molecule has 0 heterocycles. The van der Waals surface area contributed by atoms with Crippen molar-refractivity contribution in [3.8, 4) is 0 Å². The Morgan fingerprint density at radius 1 is 1.67 bits per heavy atom. The van der Waals surface area contributed by atoms with Gasteiger partial charge in [-0.2, -0.15) is 5.10 Å². The SMILES string of the molecule is C/C=C\N/N=C/C(C)=O. The van der Waals surface area contributed by atoms with Gasteiger partial charge in [0.2, 0.25) is 0 Å². The van der Waals surface area contributed by atoms with Gasteiger partial charge >= 0.3 is 0 Å². The Hall–Kier alpha value is -1.12. The van der Waals surface area contributed by atoms with Crippen molar-refractivity contribution >= 4 is 12.0 Å². The van der Waals surface area contributed by atoms with Gasteiger partial charge in [0, 0.05) is 13.1 Å². The van der Waals surface area contributed by atoms with E-state index in [1.165, 1.54) is 13.1 Å². The molecule has 9 heavy (non-hydrogen) atoms. The Kier molecular flexibility index (Phi) is 4.40. The molecule has 0 aromatic heterocycles. The number of allylic oxidation sites excluding steroid dienone is 1. The minimum Gasteiger partial charge on any atom is -0.293 e. The lowest BCUT2D eigenvalue weighted by Gasteiger charge is -1.83. The van der Waals surface area contributed by atoms with E-state index >= 15 is 0 Å². The van der Waals surface area contributed by atoms with Crippen LogP contribution < -0.4 is 5.43 Å². The van der Waals surface area contributed by atoms with Crippen molar-refractivity contribution in [1.29, 1.82) is 0 Å². The normalized spacial score (nSPS) is 10.9. The molecule has 1 N–H and O–H groups in total. The van der Waals surface area contributed by atoms with Crippen LogP contribution in [0.1, 0.15) is 13.8 Å². The number of ketones is 1. The predicted octanol–water partition coefficient (Wildman–Crippen LogP) is 0.684. The third-order valence-corrected chi connectivity index (χ3v) is 0.562. The van der Waals surface area contributed by atoms with Crippen molar-refractivity contribution < 1.29 is 4.79 Å². The Morgan fingerprint density at radius 2 is 2.33 bits per heavy atom. The van der Waals surface area contributed by atoms with Gasteiger partial charge < -0.3 is 0 Å². The number of Topliss-reactive ketones (excluding diaryl/α,β-unsaturated/α-hetero) is 1. The van der Waals surface area contributed by atoms with E-state index in [4.69, 9.17) is 0 Å². The molecule has 0 aromatic rings. The topological polar surface area (TPSA) is 41.5 Å². The van der Waals surface area contributed by atoms with Gasteiger partial charge in [0.15, 0.2) is 5.78 Å². The second-order valence-corrected chi connectivity index (χ2v) is 1.50. The number of carbonyl (C=O) groups excluding carboxylic acids is 1. The van der Waals surface area contributed by atoms with Crippen molar-refractivity contribution in [2.45, 2.75) is 13.8 Å². The summed E-state index contributed by atoms with van der Waals surface area (Å²) < 4.78 is 0. The maximum atomic E-state index is 10.2. The molecule has 0 aliphatic carbocycles. The van der Waals surface area contributed by atoms with E-state index in [0.717, 1.165) is 0 Å². The smallest absolute Gasteiger partial charge is 0.172 e. The number of rotatable bonds is 3. The number of carbonyl (C=O) groups is 1. The maximum absolute atomic E-state index is 10.2. The van der Waals surface area contributed by atoms with Crippen molar-refractivity contribution in [3.05, 3.63) is 12.3 Å². The van der Waals surface area contributed by atoms with Gasteiger partial charge in [-0.3, -0.25) is 10.2 Å². The number of nitrogens with one attached hydrogen (secondary N) is 1. The summed E-state index contributed by atoms with van der Waals surface area (Å²) in [6.07, 6.45) is 4.65. The maximum Gasteiger partial charge on any atom is 0.172 e. The monoisotopic (exact) mass is 126 g/mol. The lowest BCUT2D eigenvalue weighted by molar-refractivity contribution is -0.110. The van der Waals surface area contributed by atoms with Crippen LogP contribution in [0.5, 0.6) is 0 Å². The first-order valence-electron chi connectivity index (χ1n) is 2.67. The van der Waals surface area contributed by atoms with Crippen molar-refractivity contribution in [2.75, 3.05) is 0 Å². The fourth-order valence-electron chi connectivity index (χ4n) is 0.246. The van der Waals surface area contributed by atoms with Crippen LogP contribution in [0.2, 0.25) is 0 Å². The van der Waals surface area contributed by atoms with E-state index < -0.39 is 0 Å². The number of hydrogen-bond acceptors (Lipinski definition) is 3. The Morgan fingerprint density at radius 3 is 2.78 bits per heavy atom. The van der Waals surface area contributed by atoms with Crippen molar-refractivity contribution in [3.63, 3.8) is 0 Å². The zero-order valence-corrected chi connectivity index (χ0v) is 5.59. The lowest BCUT2D eigenvalue weighted by Crippen LogP contribution is -1.98. The molecule has 0 amide bonds. The van der Waals surface area contributed by atoms with Crippen LogP contribution in [0, 0.1) is 0 Å². The summed E-state index contributed by atoms with van der Waals surface area (Å²) in [5, 5.41) is 3.55. The molecule has 0 saturated heterocycles. The van der Waals surface area contributed by atoms with Crippen LogP contribution in [0.4, 0.5) is 0 Å². The van der Waals surface area contributed by atoms with Crippen LogP contribution in [0.15, 0.2) is 17.4 Å². The molecule has 3 nitrogen and oxygen atoms in total. The fraction of sp³-hybridized carbons (Fsp3) is 0.333. The molecular formula is C6H10N2O. The molecule has 0 bridgehead atoms. The molecule has 0 saturated carbocycles. The standard InChI is InChI=1S/C6H10N2O/c1-3-4-7-8-5-6(2)9/h3-5,7H,1-2H3/b4-3-,8-5+. The number of hydrazone groups is 1. The molecule has 0 spiro atoms. The van der Waals surface area contributed by atoms with Crippen molar-refractivity contribution in [2.24, 2.45) is 5.10 Å². The van der Waals surface area contributed by atoms with Gasteiger partial charge in [0.05, 0.1) is 6.21 Å². The molecule has 50 valence electrons. The summed E-state index contributed by atoms with van der Waals surface area (Å²) in [6, 6.07) is 0. The average molecular weight is 126 g/mol. The van der Waals surface area contributed by atoms with Gasteiger partial charge in [-0.1, -0.05) is 6.08 Å². The first kappa shape index (κ1) is 7.88. The summed E-state index contributed by atoms with van der Waals surface area (Å²) in [5.74, 6) is -0.0630. The highest BCUT2D eigenvalue weighted by Gasteiger charge is 1.77. The highest BCUT2D eigenvalue weighted by atomic mass is 16.1. The molecule has 0 aliphatic rings. The van der Waals surface area contributed by atoms with Crippen LogP contribution in [-0.2, 0) is 4.79 Å². The molecule has 0 unspecified atom stereocenters. The first-order chi connectivity index (χ1) is 4.27. The molecule has 0 aromatic carbocycles. The fourth-order valence-corrected chi connectivity index (χ4v) is 0.246. The Labute approximate surface area is 54.5 Å². The van der Waals surface area contributed by atoms with Crippen LogP contribution >= 0.6 is 0 Å². The van der Waals surface area contributed by atoms with Gasteiger partial charge in [-0.05, 0) is 6.92 Å². The molecule has 0 aliphatic heterocycles. The van der Waals surface area contributed by atoms with Gasteiger partial charge in [-0.25, -0.2) is 0 Å². The first-order valence-corrected chi connectivity index (χ1v) is 2.67. The third-order valence-electron chi connectivity index (χ3n) is 0.562. The summed E-state index contributed by atoms with van der Waals surface area (Å²) in [6.45, 7) is 3.30. The zero-order chi connectivity index (χ0) is 7.11. The highest BCUT2D eigenvalue weighted by molar-refractivity contribution is 6.26. The number of hydrogen-bond donors (Lipinski definition) is 1. The lowest BCUT2D eigenvalue weighted by atomic mass is 10.5. The Bertz CT molecular complexity index is 138. The summed E-state index contributed by atoms with van der Waals surface area (Å²) in [4.78, 5) is 10.2. The molecule has 0 fully saturated rings. The van der Waals surface area contributed by atoms with Gasteiger partial charge in [0.1, 0.15) is 0 Å². The minimum atomic E-state index is -0.0630. The second kappa shape index (κ2) is 5.03. The summed E-state index contributed by atoms with van der Waals surface area (Å²) >= 11 is 0. The predicted molar refractivity (Wildman–Crippen MR) is 37.1 cm³/mol. The molecule has 0 atom stereocenters. The van der Waals surface area contributed by atoms with E-state index in [1.807, 2.05) is 6.92 Å². The van der Waals surface area contributed by atoms with Gasteiger partial charge in [-0.15, -0.1) is 0 Å². The van der Waals surface area contributed by atoms with Crippen LogP contribution in [0.25, 0.3) is 0 Å². The van der Waals surface area contributed by atoms with E-state index in [0.29, 0.717) is 0 Å². The van der Waals surface area contributed by atoms with E-state index in [9.17, 15) is 4.79 Å². The van der Waals surface area contributed by atoms with E-state index in [2.05, 4.69) is 10.5 Å². The minimum absolute atomic E-state index is 0.0630. The van der Waals surface area contributed by atoms with E-state index in [1.54, 1.807) is 12.3 Å². The number of nitrogens with zero attached hydrogens (tertiary/aromatic N) is 1. The largest absolute Gasteiger partial charge is 0.293 e. The third kappa shape index (κ3) is 6.88. The Balaban J connectivity index is 3.36. The summed E-state index contributed by atoms with van der Waals surface area (Å²) in [5.41, 5.74) is 2.53. The quantitative estimate of drug-likeness (QED) is 0.446. The molecular weight excluding hydrogens is 116 g/mol. The van der Waals surface area contributed by atoms with Crippen molar-refractivity contribution in [1.82, 2.24) is 5.43 Å². The molecule has 0 radical (unpaired) electrons. The average Bonchev–Trinajstić information content (AvgIpc) is 1.80. The van der Waals surface area contributed by atoms with Crippen LogP contribution in [0.3, 0.4) is 0 Å². The second-order valence-electron chi connectivity index (χ2n) is 1.50. The zero-order valence-electron chi connectivity index (χ0n) is 5.59. The van der Waals surface area contributed by atoms with Crippen LogP contribution in [-0.4, -0.2) is 12.0 Å². The van der Waals surface area contributed by atoms with Gasteiger partial charge in [0.25, 0.3) is 0 Å². The van der Waals surface area contributed by atoms with E-state index in [-0.39, 0.29) is 5.78 Å². The summed E-state index contributed by atoms with van der Waals surface area (Å²) in [7, 11) is 0. The highest BCUT2D eigenvalue weighted by Crippen LogP contribution is 1.63.